The Morgan fingerprint density at radius 2 is 2.23 bits per heavy atom. The van der Waals surface area contributed by atoms with Crippen molar-refractivity contribution in [1.82, 2.24) is 5.01 Å². The molecule has 0 heterocycles. The number of nitrogens with two attached hydrogens (primary N) is 1. The van der Waals surface area contributed by atoms with Crippen LogP contribution in [0.15, 0.2) is 22.7 Å². The van der Waals surface area contributed by atoms with E-state index < -0.39 is 0 Å². The number of hydrogen-bond donors (Lipinski definition) is 1. The van der Waals surface area contributed by atoms with Crippen molar-refractivity contribution in [2.45, 2.75) is 0 Å². The maximum atomic E-state index is 11.4. The van der Waals surface area contributed by atoms with Crippen molar-refractivity contribution in [3.8, 4) is 0 Å². The first-order valence-corrected chi connectivity index (χ1v) is 4.67. The molecule has 1 amide bonds. The third-order valence-corrected chi connectivity index (χ3v) is 2.37. The lowest BCUT2D eigenvalue weighted by Gasteiger charge is -2.10. The fraction of sp³-hybridized carbons (Fsp3) is 0.125. The number of carbonyl (C=O) groups excluding carboxylic acids is 1. The summed E-state index contributed by atoms with van der Waals surface area (Å²) in [5.74, 6) is 5.04. The molecule has 13 heavy (non-hydrogen) atoms. The van der Waals surface area contributed by atoms with E-state index >= 15 is 0 Å². The second-order valence-corrected chi connectivity index (χ2v) is 3.83. The van der Waals surface area contributed by atoms with Gasteiger partial charge in [-0.25, -0.2) is 5.84 Å². The summed E-state index contributed by atoms with van der Waals surface area (Å²) in [4.78, 5) is 11.4. The van der Waals surface area contributed by atoms with Crippen LogP contribution < -0.4 is 5.84 Å². The largest absolute Gasteiger partial charge is 0.280 e. The van der Waals surface area contributed by atoms with E-state index in [-0.39, 0.29) is 5.91 Å². The van der Waals surface area contributed by atoms with E-state index in [1.165, 1.54) is 7.05 Å². The number of halogens is 2. The van der Waals surface area contributed by atoms with Gasteiger partial charge in [0.1, 0.15) is 0 Å². The van der Waals surface area contributed by atoms with E-state index in [4.69, 9.17) is 17.4 Å². The molecule has 0 atom stereocenters. The lowest BCUT2D eigenvalue weighted by molar-refractivity contribution is 0.0794. The first-order valence-electron chi connectivity index (χ1n) is 3.50. The Kier molecular flexibility index (Phi) is 3.30. The molecular formula is C8H8BrClN2O. The SMILES string of the molecule is CN(N)C(=O)c1ccc(Cl)cc1Br. The first-order chi connectivity index (χ1) is 6.02. The lowest BCUT2D eigenvalue weighted by atomic mass is 10.2. The van der Waals surface area contributed by atoms with Crippen molar-refractivity contribution in [3.63, 3.8) is 0 Å². The minimum Gasteiger partial charge on any atom is -0.280 e. The third-order valence-electron chi connectivity index (χ3n) is 1.48. The molecule has 0 aliphatic carbocycles. The molecule has 5 heteroatoms. The minimum absolute atomic E-state index is 0.261. The maximum Gasteiger partial charge on any atom is 0.268 e. The van der Waals surface area contributed by atoms with Gasteiger partial charge in [-0.3, -0.25) is 9.80 Å². The van der Waals surface area contributed by atoms with Gasteiger partial charge < -0.3 is 0 Å². The Hall–Kier alpha value is -0.580. The van der Waals surface area contributed by atoms with Gasteiger partial charge in [-0.1, -0.05) is 11.6 Å². The molecule has 0 aliphatic heterocycles. The smallest absolute Gasteiger partial charge is 0.268 e. The number of rotatable bonds is 1. The van der Waals surface area contributed by atoms with Crippen LogP contribution in [0.4, 0.5) is 0 Å². The number of benzene rings is 1. The summed E-state index contributed by atoms with van der Waals surface area (Å²) in [6, 6.07) is 4.92. The molecule has 1 rings (SSSR count). The zero-order valence-electron chi connectivity index (χ0n) is 6.92. The van der Waals surface area contributed by atoms with Gasteiger partial charge in [0, 0.05) is 16.5 Å². The highest BCUT2D eigenvalue weighted by molar-refractivity contribution is 9.10. The molecule has 3 nitrogen and oxygen atoms in total. The summed E-state index contributed by atoms with van der Waals surface area (Å²) in [5, 5.41) is 1.59. The molecule has 0 bridgehead atoms. The van der Waals surface area contributed by atoms with Crippen LogP contribution in [0.1, 0.15) is 10.4 Å². The van der Waals surface area contributed by atoms with Gasteiger partial charge in [0.05, 0.1) is 5.56 Å². The molecule has 0 aliphatic rings. The highest BCUT2D eigenvalue weighted by Gasteiger charge is 2.11. The molecule has 0 saturated carbocycles. The van der Waals surface area contributed by atoms with Gasteiger partial charge >= 0.3 is 0 Å². The number of hydrazine groups is 1. The van der Waals surface area contributed by atoms with Gasteiger partial charge in [0.15, 0.2) is 0 Å². The molecule has 2 N–H and O–H groups in total. The maximum absolute atomic E-state index is 11.4. The Morgan fingerprint density at radius 1 is 1.62 bits per heavy atom. The standard InChI is InChI=1S/C8H8BrClN2O/c1-12(11)8(13)6-3-2-5(10)4-7(6)9/h2-4H,11H2,1H3. The lowest BCUT2D eigenvalue weighted by Crippen LogP contribution is -2.33. The summed E-state index contributed by atoms with van der Waals surface area (Å²) in [6.45, 7) is 0. The second-order valence-electron chi connectivity index (χ2n) is 2.54. The van der Waals surface area contributed by atoms with Gasteiger partial charge in [0.25, 0.3) is 5.91 Å². The van der Waals surface area contributed by atoms with E-state index in [2.05, 4.69) is 15.9 Å². The fourth-order valence-corrected chi connectivity index (χ4v) is 1.71. The van der Waals surface area contributed by atoms with Gasteiger partial charge in [-0.2, -0.15) is 0 Å². The van der Waals surface area contributed by atoms with Crippen molar-refractivity contribution in [3.05, 3.63) is 33.3 Å². The van der Waals surface area contributed by atoms with Crippen molar-refractivity contribution in [2.24, 2.45) is 5.84 Å². The van der Waals surface area contributed by atoms with Crippen LogP contribution in [0.5, 0.6) is 0 Å². The van der Waals surface area contributed by atoms with Gasteiger partial charge in [0.2, 0.25) is 0 Å². The predicted molar refractivity (Wildman–Crippen MR) is 55.4 cm³/mol. The molecule has 0 fully saturated rings. The zero-order chi connectivity index (χ0) is 10.0. The van der Waals surface area contributed by atoms with E-state index in [0.29, 0.717) is 15.1 Å². The highest BCUT2D eigenvalue weighted by Crippen LogP contribution is 2.21. The average Bonchev–Trinajstić information content (AvgIpc) is 2.03. The van der Waals surface area contributed by atoms with Crippen LogP contribution in [0.3, 0.4) is 0 Å². The summed E-state index contributed by atoms with van der Waals surface area (Å²) in [6.07, 6.45) is 0. The quantitative estimate of drug-likeness (QED) is 0.479. The number of hydrogen-bond acceptors (Lipinski definition) is 2. The Labute approximate surface area is 89.6 Å². The number of nitrogens with zero attached hydrogens (tertiary/aromatic N) is 1. The van der Waals surface area contributed by atoms with Crippen molar-refractivity contribution in [2.75, 3.05) is 7.05 Å². The third kappa shape index (κ3) is 2.43. The van der Waals surface area contributed by atoms with Crippen molar-refractivity contribution in [1.29, 1.82) is 0 Å². The molecule has 70 valence electrons. The molecule has 0 unspecified atom stereocenters. The van der Waals surface area contributed by atoms with E-state index in [0.717, 1.165) is 5.01 Å². The number of amides is 1. The van der Waals surface area contributed by atoms with E-state index in [1.54, 1.807) is 18.2 Å². The van der Waals surface area contributed by atoms with Crippen LogP contribution in [-0.4, -0.2) is 18.0 Å². The Balaban J connectivity index is 3.09. The van der Waals surface area contributed by atoms with Gasteiger partial charge in [-0.05, 0) is 34.1 Å². The fourth-order valence-electron chi connectivity index (χ4n) is 0.853. The topological polar surface area (TPSA) is 46.3 Å². The minimum atomic E-state index is -0.261. The summed E-state index contributed by atoms with van der Waals surface area (Å²) in [7, 11) is 1.49. The number of carbonyl (C=O) groups is 1. The predicted octanol–water partition coefficient (Wildman–Crippen LogP) is 2.05. The van der Waals surface area contributed by atoms with Crippen LogP contribution in [0, 0.1) is 0 Å². The summed E-state index contributed by atoms with van der Waals surface area (Å²) < 4.78 is 0.641. The summed E-state index contributed by atoms with van der Waals surface area (Å²) in [5.41, 5.74) is 0.495. The Morgan fingerprint density at radius 3 is 2.69 bits per heavy atom. The van der Waals surface area contributed by atoms with E-state index in [1.807, 2.05) is 0 Å². The molecule has 1 aromatic rings. The summed E-state index contributed by atoms with van der Waals surface area (Å²) >= 11 is 8.94. The molecule has 0 aromatic heterocycles. The molecule has 0 spiro atoms. The molecule has 1 aromatic carbocycles. The normalized spacial score (nSPS) is 9.85. The van der Waals surface area contributed by atoms with Crippen LogP contribution in [-0.2, 0) is 0 Å². The molecule has 0 radical (unpaired) electrons. The second kappa shape index (κ2) is 4.09. The average molecular weight is 264 g/mol. The van der Waals surface area contributed by atoms with Crippen LogP contribution >= 0.6 is 27.5 Å². The van der Waals surface area contributed by atoms with Crippen LogP contribution in [0.25, 0.3) is 0 Å². The van der Waals surface area contributed by atoms with Crippen molar-refractivity contribution < 1.29 is 4.79 Å². The zero-order valence-corrected chi connectivity index (χ0v) is 9.26. The highest BCUT2D eigenvalue weighted by atomic mass is 79.9. The molecule has 0 saturated heterocycles. The van der Waals surface area contributed by atoms with Crippen LogP contribution in [0.2, 0.25) is 5.02 Å². The first kappa shape index (κ1) is 10.5. The van der Waals surface area contributed by atoms with Gasteiger partial charge in [-0.15, -0.1) is 0 Å². The monoisotopic (exact) mass is 262 g/mol. The Bertz CT molecular complexity index is 341. The van der Waals surface area contributed by atoms with Crippen molar-refractivity contribution >= 4 is 33.4 Å². The van der Waals surface area contributed by atoms with E-state index in [9.17, 15) is 4.79 Å². The molecular weight excluding hydrogens is 255 g/mol.